The van der Waals surface area contributed by atoms with Crippen LogP contribution in [0.1, 0.15) is 11.4 Å². The number of nitrogens with zero attached hydrogens (tertiary/aromatic N) is 2. The number of nitrogens with one attached hydrogen (secondary N) is 1. The minimum Gasteiger partial charge on any atom is -0.482 e. The number of ether oxygens (including phenoxy) is 1. The highest BCUT2D eigenvalue weighted by Gasteiger charge is 2.08. The molecule has 0 saturated heterocycles. The molecule has 1 heterocycles. The quantitative estimate of drug-likeness (QED) is 0.415. The SMILES string of the molecule is Cc1nccn1Cc1ccc(NC(=O)COc2ccc(-c3ccccc3)cc2Cl)cc1. The van der Waals surface area contributed by atoms with Crippen molar-refractivity contribution in [1.82, 2.24) is 9.55 Å². The molecule has 0 fully saturated rings. The van der Waals surface area contributed by atoms with E-state index in [0.717, 1.165) is 29.1 Å². The summed E-state index contributed by atoms with van der Waals surface area (Å²) in [5.74, 6) is 1.19. The molecule has 4 aromatic rings. The van der Waals surface area contributed by atoms with Gasteiger partial charge in [-0.15, -0.1) is 0 Å². The minimum absolute atomic E-state index is 0.125. The summed E-state index contributed by atoms with van der Waals surface area (Å²) in [6, 6.07) is 23.2. The molecular formula is C25H22ClN3O2. The zero-order chi connectivity index (χ0) is 21.6. The van der Waals surface area contributed by atoms with E-state index in [2.05, 4.69) is 14.9 Å². The van der Waals surface area contributed by atoms with Gasteiger partial charge in [0.2, 0.25) is 0 Å². The molecule has 0 aliphatic heterocycles. The Hall–Kier alpha value is -3.57. The van der Waals surface area contributed by atoms with Crippen LogP contribution in [0.25, 0.3) is 11.1 Å². The van der Waals surface area contributed by atoms with Crippen LogP contribution in [0.2, 0.25) is 5.02 Å². The summed E-state index contributed by atoms with van der Waals surface area (Å²) in [6.07, 6.45) is 3.73. The lowest BCUT2D eigenvalue weighted by Crippen LogP contribution is -2.20. The Balaban J connectivity index is 1.31. The molecule has 0 bridgehead atoms. The molecule has 5 nitrogen and oxygen atoms in total. The van der Waals surface area contributed by atoms with Gasteiger partial charge in [0.25, 0.3) is 5.91 Å². The first-order valence-corrected chi connectivity index (χ1v) is 10.3. The second-order valence-corrected chi connectivity index (χ2v) is 7.55. The number of aromatic nitrogens is 2. The van der Waals surface area contributed by atoms with Crippen molar-refractivity contribution in [2.75, 3.05) is 11.9 Å². The molecule has 156 valence electrons. The zero-order valence-electron chi connectivity index (χ0n) is 17.1. The van der Waals surface area contributed by atoms with Crippen LogP contribution in [0, 0.1) is 6.92 Å². The molecule has 0 aliphatic carbocycles. The monoisotopic (exact) mass is 431 g/mol. The minimum atomic E-state index is -0.249. The van der Waals surface area contributed by atoms with E-state index in [9.17, 15) is 4.79 Å². The standard InChI is InChI=1S/C25H22ClN3O2/c1-18-27-13-14-29(18)16-19-7-10-22(11-8-19)28-25(30)17-31-24-12-9-21(15-23(24)26)20-5-3-2-4-6-20/h2-15H,16-17H2,1H3,(H,28,30). The Bertz CT molecular complexity index is 1170. The third-order valence-corrected chi connectivity index (χ3v) is 5.21. The lowest BCUT2D eigenvalue weighted by molar-refractivity contribution is -0.118. The zero-order valence-corrected chi connectivity index (χ0v) is 17.8. The highest BCUT2D eigenvalue weighted by atomic mass is 35.5. The van der Waals surface area contributed by atoms with E-state index in [4.69, 9.17) is 16.3 Å². The maximum absolute atomic E-state index is 12.3. The number of halogens is 1. The Morgan fingerprint density at radius 1 is 1.03 bits per heavy atom. The molecule has 1 N–H and O–H groups in total. The Kier molecular flexibility index (Phi) is 6.34. The van der Waals surface area contributed by atoms with E-state index in [0.29, 0.717) is 16.5 Å². The number of hydrogen-bond acceptors (Lipinski definition) is 3. The summed E-state index contributed by atoms with van der Waals surface area (Å²) in [7, 11) is 0. The Labute approximate surface area is 186 Å². The van der Waals surface area contributed by atoms with Crippen molar-refractivity contribution in [3.63, 3.8) is 0 Å². The third-order valence-electron chi connectivity index (χ3n) is 4.91. The molecule has 1 aromatic heterocycles. The first kappa shape index (κ1) is 20.7. The van der Waals surface area contributed by atoms with Crippen LogP contribution in [0.15, 0.2) is 85.2 Å². The molecule has 0 unspecified atom stereocenters. The van der Waals surface area contributed by atoms with Gasteiger partial charge in [-0.1, -0.05) is 60.1 Å². The van der Waals surface area contributed by atoms with Crippen LogP contribution in [0.3, 0.4) is 0 Å². The normalized spacial score (nSPS) is 10.6. The van der Waals surface area contributed by atoms with Crippen LogP contribution in [-0.4, -0.2) is 22.1 Å². The molecule has 0 radical (unpaired) electrons. The average Bonchev–Trinajstić information content (AvgIpc) is 3.19. The largest absolute Gasteiger partial charge is 0.482 e. The molecule has 0 saturated carbocycles. The highest BCUT2D eigenvalue weighted by Crippen LogP contribution is 2.30. The van der Waals surface area contributed by atoms with Crippen molar-refractivity contribution in [1.29, 1.82) is 0 Å². The summed E-state index contributed by atoms with van der Waals surface area (Å²) in [5.41, 5.74) is 3.90. The van der Waals surface area contributed by atoms with Crippen LogP contribution in [0.4, 0.5) is 5.69 Å². The topological polar surface area (TPSA) is 56.2 Å². The lowest BCUT2D eigenvalue weighted by atomic mass is 10.1. The molecular weight excluding hydrogens is 410 g/mol. The second-order valence-electron chi connectivity index (χ2n) is 7.15. The number of amides is 1. The van der Waals surface area contributed by atoms with Gasteiger partial charge in [0, 0.05) is 24.6 Å². The van der Waals surface area contributed by atoms with Gasteiger partial charge in [-0.25, -0.2) is 4.98 Å². The summed E-state index contributed by atoms with van der Waals surface area (Å²) >= 11 is 6.35. The van der Waals surface area contributed by atoms with Crippen molar-refractivity contribution >= 4 is 23.2 Å². The maximum Gasteiger partial charge on any atom is 0.262 e. The molecule has 1 amide bonds. The number of carbonyl (C=O) groups is 1. The van der Waals surface area contributed by atoms with Gasteiger partial charge in [0.05, 0.1) is 5.02 Å². The number of anilines is 1. The molecule has 3 aromatic carbocycles. The van der Waals surface area contributed by atoms with E-state index >= 15 is 0 Å². The van der Waals surface area contributed by atoms with Gasteiger partial charge in [-0.05, 0) is 47.9 Å². The van der Waals surface area contributed by atoms with Crippen LogP contribution in [-0.2, 0) is 11.3 Å². The first-order valence-electron chi connectivity index (χ1n) is 9.93. The number of hydrogen-bond donors (Lipinski definition) is 1. The number of rotatable bonds is 7. The lowest BCUT2D eigenvalue weighted by Gasteiger charge is -2.11. The summed E-state index contributed by atoms with van der Waals surface area (Å²) in [6.45, 7) is 2.58. The van der Waals surface area contributed by atoms with Gasteiger partial charge in [0.1, 0.15) is 11.6 Å². The predicted molar refractivity (Wildman–Crippen MR) is 124 cm³/mol. The fraction of sp³-hybridized carbons (Fsp3) is 0.120. The Morgan fingerprint density at radius 3 is 2.48 bits per heavy atom. The predicted octanol–water partition coefficient (Wildman–Crippen LogP) is 5.58. The van der Waals surface area contributed by atoms with Gasteiger partial charge in [-0.3, -0.25) is 4.79 Å². The molecule has 4 rings (SSSR count). The van der Waals surface area contributed by atoms with Crippen LogP contribution in [0.5, 0.6) is 5.75 Å². The summed E-state index contributed by atoms with van der Waals surface area (Å²) in [5, 5.41) is 3.31. The fourth-order valence-corrected chi connectivity index (χ4v) is 3.46. The first-order chi connectivity index (χ1) is 15.1. The van der Waals surface area contributed by atoms with Crippen molar-refractivity contribution in [2.24, 2.45) is 0 Å². The molecule has 0 spiro atoms. The van der Waals surface area contributed by atoms with Gasteiger partial charge < -0.3 is 14.6 Å². The Morgan fingerprint density at radius 2 is 1.81 bits per heavy atom. The highest BCUT2D eigenvalue weighted by molar-refractivity contribution is 6.32. The van der Waals surface area contributed by atoms with Crippen LogP contribution < -0.4 is 10.1 Å². The van der Waals surface area contributed by atoms with Gasteiger partial charge in [-0.2, -0.15) is 0 Å². The smallest absolute Gasteiger partial charge is 0.262 e. The number of imidazole rings is 1. The molecule has 0 atom stereocenters. The maximum atomic E-state index is 12.3. The van der Waals surface area contributed by atoms with Crippen molar-refractivity contribution in [3.05, 3.63) is 102 Å². The molecule has 0 aliphatic rings. The van der Waals surface area contributed by atoms with Crippen molar-refractivity contribution < 1.29 is 9.53 Å². The fourth-order valence-electron chi connectivity index (χ4n) is 3.23. The van der Waals surface area contributed by atoms with E-state index < -0.39 is 0 Å². The third kappa shape index (κ3) is 5.32. The van der Waals surface area contributed by atoms with E-state index in [-0.39, 0.29) is 12.5 Å². The second kappa shape index (κ2) is 9.49. The van der Waals surface area contributed by atoms with E-state index in [1.54, 1.807) is 12.3 Å². The molecule has 6 heteroatoms. The summed E-state index contributed by atoms with van der Waals surface area (Å²) in [4.78, 5) is 16.5. The molecule has 31 heavy (non-hydrogen) atoms. The van der Waals surface area contributed by atoms with Gasteiger partial charge >= 0.3 is 0 Å². The summed E-state index contributed by atoms with van der Waals surface area (Å²) < 4.78 is 7.68. The number of aryl methyl sites for hydroxylation is 1. The van der Waals surface area contributed by atoms with E-state index in [1.807, 2.05) is 79.9 Å². The van der Waals surface area contributed by atoms with E-state index in [1.165, 1.54) is 0 Å². The number of benzene rings is 3. The average molecular weight is 432 g/mol. The van der Waals surface area contributed by atoms with Crippen molar-refractivity contribution in [3.8, 4) is 16.9 Å². The van der Waals surface area contributed by atoms with Crippen molar-refractivity contribution in [2.45, 2.75) is 13.5 Å². The van der Waals surface area contributed by atoms with Crippen LogP contribution >= 0.6 is 11.6 Å². The van der Waals surface area contributed by atoms with Gasteiger partial charge in [0.15, 0.2) is 6.61 Å². The number of carbonyl (C=O) groups excluding carboxylic acids is 1.